The number of halogens is 2. The van der Waals surface area contributed by atoms with Crippen LogP contribution in [0.4, 0.5) is 0 Å². The summed E-state index contributed by atoms with van der Waals surface area (Å²) in [7, 11) is 0. The zero-order chi connectivity index (χ0) is 13.4. The third kappa shape index (κ3) is 2.51. The van der Waals surface area contributed by atoms with E-state index < -0.39 is 0 Å². The summed E-state index contributed by atoms with van der Waals surface area (Å²) in [5.41, 5.74) is 1.51. The van der Waals surface area contributed by atoms with Crippen molar-refractivity contribution >= 4 is 43.7 Å². The van der Waals surface area contributed by atoms with Gasteiger partial charge in [0.2, 0.25) is 5.78 Å². The lowest BCUT2D eigenvalue weighted by molar-refractivity contribution is 0.101. The molecular weight excluding hydrogens is 372 g/mol. The molecule has 0 unspecified atom stereocenters. The van der Waals surface area contributed by atoms with Crippen molar-refractivity contribution in [3.63, 3.8) is 0 Å². The standard InChI is InChI=1S/C15H8Br2O2/c16-10-3-1-2-9(6-10)7-14-15(18)12-8-11(17)4-5-13(12)19-14/h1-8H/b14-7-. The number of Topliss-reactive ketones (excluding diaryl/α,β-unsaturated/α-hetero) is 1. The molecule has 2 nitrogen and oxygen atoms in total. The summed E-state index contributed by atoms with van der Waals surface area (Å²) in [6, 6.07) is 13.1. The SMILES string of the molecule is O=C1/C(=C/c2cccc(Br)c2)Oc2ccc(Br)cc21. The molecule has 4 heteroatoms. The lowest BCUT2D eigenvalue weighted by atomic mass is 10.1. The maximum atomic E-state index is 12.2. The van der Waals surface area contributed by atoms with E-state index in [9.17, 15) is 4.79 Å². The molecule has 3 rings (SSSR count). The van der Waals surface area contributed by atoms with Crippen LogP contribution in [-0.2, 0) is 0 Å². The second kappa shape index (κ2) is 4.94. The molecule has 2 aromatic carbocycles. The number of carbonyl (C=O) groups is 1. The Kier molecular flexibility index (Phi) is 3.29. The summed E-state index contributed by atoms with van der Waals surface area (Å²) in [5.74, 6) is 0.872. The van der Waals surface area contributed by atoms with E-state index in [2.05, 4.69) is 31.9 Å². The molecule has 0 amide bonds. The molecule has 0 fully saturated rings. The monoisotopic (exact) mass is 378 g/mol. The predicted octanol–water partition coefficient (Wildman–Crippen LogP) is 4.83. The van der Waals surface area contributed by atoms with E-state index >= 15 is 0 Å². The molecule has 1 aliphatic heterocycles. The molecular formula is C15H8Br2O2. The Labute approximate surface area is 127 Å². The predicted molar refractivity (Wildman–Crippen MR) is 81.2 cm³/mol. The normalized spacial score (nSPS) is 15.5. The van der Waals surface area contributed by atoms with Crippen molar-refractivity contribution in [2.24, 2.45) is 0 Å². The molecule has 0 aromatic heterocycles. The summed E-state index contributed by atoms with van der Waals surface area (Å²) in [6.07, 6.45) is 1.75. The van der Waals surface area contributed by atoms with Gasteiger partial charge in [-0.2, -0.15) is 0 Å². The van der Waals surface area contributed by atoms with Crippen molar-refractivity contribution in [2.45, 2.75) is 0 Å². The fourth-order valence-electron chi connectivity index (χ4n) is 1.91. The number of rotatable bonds is 1. The third-order valence-electron chi connectivity index (χ3n) is 2.78. The molecule has 0 N–H and O–H groups in total. The van der Waals surface area contributed by atoms with Gasteiger partial charge in [0, 0.05) is 8.95 Å². The number of carbonyl (C=O) groups excluding carboxylic acids is 1. The van der Waals surface area contributed by atoms with Gasteiger partial charge in [0.1, 0.15) is 5.75 Å². The van der Waals surface area contributed by atoms with Gasteiger partial charge in [0.15, 0.2) is 5.76 Å². The quantitative estimate of drug-likeness (QED) is 0.663. The molecule has 0 bridgehead atoms. The fraction of sp³-hybridized carbons (Fsp3) is 0. The van der Waals surface area contributed by atoms with Crippen LogP contribution in [-0.4, -0.2) is 5.78 Å². The molecule has 0 saturated heterocycles. The Hall–Kier alpha value is -1.39. The topological polar surface area (TPSA) is 26.3 Å². The maximum absolute atomic E-state index is 12.2. The van der Waals surface area contributed by atoms with Crippen LogP contribution in [0.3, 0.4) is 0 Å². The number of ether oxygens (including phenoxy) is 1. The Morgan fingerprint density at radius 1 is 1.00 bits per heavy atom. The molecule has 0 radical (unpaired) electrons. The van der Waals surface area contributed by atoms with E-state index in [0.29, 0.717) is 17.1 Å². The first kappa shape index (κ1) is 12.6. The van der Waals surface area contributed by atoms with E-state index in [4.69, 9.17) is 4.74 Å². The van der Waals surface area contributed by atoms with Crippen LogP contribution in [0.2, 0.25) is 0 Å². The van der Waals surface area contributed by atoms with Crippen LogP contribution < -0.4 is 4.74 Å². The first-order valence-corrected chi connectivity index (χ1v) is 7.21. The Bertz CT molecular complexity index is 705. The van der Waals surface area contributed by atoms with Crippen LogP contribution in [0.1, 0.15) is 15.9 Å². The van der Waals surface area contributed by atoms with Gasteiger partial charge in [-0.15, -0.1) is 0 Å². The first-order valence-electron chi connectivity index (χ1n) is 5.63. The largest absolute Gasteiger partial charge is 0.452 e. The van der Waals surface area contributed by atoms with Crippen LogP contribution in [0.25, 0.3) is 6.08 Å². The molecule has 0 aliphatic carbocycles. The number of fused-ring (bicyclic) bond motifs is 1. The number of hydrogen-bond acceptors (Lipinski definition) is 2. The summed E-state index contributed by atoms with van der Waals surface area (Å²) >= 11 is 6.76. The van der Waals surface area contributed by atoms with E-state index in [1.807, 2.05) is 30.3 Å². The lowest BCUT2D eigenvalue weighted by Gasteiger charge is -1.99. The molecule has 0 saturated carbocycles. The molecule has 94 valence electrons. The van der Waals surface area contributed by atoms with Crippen molar-refractivity contribution in [3.05, 3.63) is 68.3 Å². The Morgan fingerprint density at radius 3 is 2.58 bits per heavy atom. The summed E-state index contributed by atoms with van der Waals surface area (Å²) < 4.78 is 7.43. The van der Waals surface area contributed by atoms with E-state index in [1.54, 1.807) is 18.2 Å². The second-order valence-electron chi connectivity index (χ2n) is 4.14. The average molecular weight is 380 g/mol. The van der Waals surface area contributed by atoms with Crippen molar-refractivity contribution in [1.29, 1.82) is 0 Å². The molecule has 1 aliphatic rings. The smallest absolute Gasteiger partial charge is 0.232 e. The Morgan fingerprint density at radius 2 is 1.79 bits per heavy atom. The summed E-state index contributed by atoms with van der Waals surface area (Å²) in [5, 5.41) is 0. The summed E-state index contributed by atoms with van der Waals surface area (Å²) in [6.45, 7) is 0. The van der Waals surface area contributed by atoms with Crippen LogP contribution in [0.15, 0.2) is 57.2 Å². The van der Waals surface area contributed by atoms with Gasteiger partial charge in [-0.05, 0) is 42.0 Å². The highest BCUT2D eigenvalue weighted by molar-refractivity contribution is 9.10. The zero-order valence-corrected chi connectivity index (χ0v) is 12.9. The highest BCUT2D eigenvalue weighted by Crippen LogP contribution is 2.33. The molecule has 2 aromatic rings. The second-order valence-corrected chi connectivity index (χ2v) is 5.97. The minimum absolute atomic E-state index is 0.0868. The van der Waals surface area contributed by atoms with Crippen LogP contribution in [0.5, 0.6) is 5.75 Å². The van der Waals surface area contributed by atoms with Gasteiger partial charge in [-0.1, -0.05) is 44.0 Å². The van der Waals surface area contributed by atoms with Gasteiger partial charge < -0.3 is 4.74 Å². The lowest BCUT2D eigenvalue weighted by Crippen LogP contribution is -1.98. The van der Waals surface area contributed by atoms with Crippen LogP contribution in [0, 0.1) is 0 Å². The van der Waals surface area contributed by atoms with E-state index in [1.165, 1.54) is 0 Å². The van der Waals surface area contributed by atoms with Crippen LogP contribution >= 0.6 is 31.9 Å². The van der Waals surface area contributed by atoms with Gasteiger partial charge in [-0.3, -0.25) is 4.79 Å². The van der Waals surface area contributed by atoms with Gasteiger partial charge >= 0.3 is 0 Å². The highest BCUT2D eigenvalue weighted by Gasteiger charge is 2.27. The molecule has 19 heavy (non-hydrogen) atoms. The van der Waals surface area contributed by atoms with Gasteiger partial charge in [0.25, 0.3) is 0 Å². The number of hydrogen-bond donors (Lipinski definition) is 0. The van der Waals surface area contributed by atoms with Crippen molar-refractivity contribution in [3.8, 4) is 5.75 Å². The fourth-order valence-corrected chi connectivity index (χ4v) is 2.69. The molecule has 0 atom stereocenters. The Balaban J connectivity index is 2.00. The minimum Gasteiger partial charge on any atom is -0.452 e. The number of ketones is 1. The first-order chi connectivity index (χ1) is 9.13. The number of allylic oxidation sites excluding steroid dienone is 1. The van der Waals surface area contributed by atoms with Crippen molar-refractivity contribution < 1.29 is 9.53 Å². The highest BCUT2D eigenvalue weighted by atomic mass is 79.9. The van der Waals surface area contributed by atoms with Gasteiger partial charge in [-0.25, -0.2) is 0 Å². The van der Waals surface area contributed by atoms with Crippen molar-refractivity contribution in [2.75, 3.05) is 0 Å². The van der Waals surface area contributed by atoms with E-state index in [-0.39, 0.29) is 5.78 Å². The van der Waals surface area contributed by atoms with Gasteiger partial charge in [0.05, 0.1) is 5.56 Å². The van der Waals surface area contributed by atoms with Crippen molar-refractivity contribution in [1.82, 2.24) is 0 Å². The minimum atomic E-state index is -0.0868. The number of benzene rings is 2. The summed E-state index contributed by atoms with van der Waals surface area (Å²) in [4.78, 5) is 12.2. The molecule has 1 heterocycles. The van der Waals surface area contributed by atoms with E-state index in [0.717, 1.165) is 14.5 Å². The maximum Gasteiger partial charge on any atom is 0.232 e. The third-order valence-corrected chi connectivity index (χ3v) is 3.76. The zero-order valence-electron chi connectivity index (χ0n) is 9.69. The molecule has 0 spiro atoms. The average Bonchev–Trinajstić information content (AvgIpc) is 2.67.